The van der Waals surface area contributed by atoms with Gasteiger partial charge in [0.2, 0.25) is 0 Å². The molecule has 0 atom stereocenters. The largest absolute Gasteiger partial charge is 0.310 e. The molecule has 0 saturated heterocycles. The molecule has 0 spiro atoms. The SMILES string of the molecule is c1ccc(N(c2ccc(-c3cccc4ccc5sc6ccccc6c5c34)cc2)c2ccc3c(c2)sc2ccccc23)cc1. The zero-order valence-corrected chi connectivity index (χ0v) is 24.8. The van der Waals surface area contributed by atoms with Crippen LogP contribution < -0.4 is 4.90 Å². The van der Waals surface area contributed by atoms with Crippen LogP contribution >= 0.6 is 22.7 Å². The number of thiophene rings is 2. The van der Waals surface area contributed by atoms with Gasteiger partial charge in [-0.1, -0.05) is 97.1 Å². The number of benzene rings is 7. The van der Waals surface area contributed by atoms with Crippen LogP contribution in [0.2, 0.25) is 0 Å². The molecule has 202 valence electrons. The molecule has 3 heteroatoms. The second-order valence-corrected chi connectivity index (χ2v) is 13.1. The van der Waals surface area contributed by atoms with E-state index in [2.05, 4.69) is 157 Å². The van der Waals surface area contributed by atoms with E-state index >= 15 is 0 Å². The Hall–Kier alpha value is -4.96. The summed E-state index contributed by atoms with van der Waals surface area (Å²) in [4.78, 5) is 2.36. The standard InChI is InChI=1S/C40H25NS2/c1-2-10-28(11-3-1)41(30-22-23-33-32-12-4-6-15-35(32)43-38(33)25-30)29-20-17-26(18-21-29)31-14-8-9-27-19-24-37-40(39(27)31)34-13-5-7-16-36(34)42-37/h1-25H. The highest BCUT2D eigenvalue weighted by molar-refractivity contribution is 7.26. The van der Waals surface area contributed by atoms with Crippen LogP contribution in [0.25, 0.3) is 62.2 Å². The van der Waals surface area contributed by atoms with E-state index in [1.807, 2.05) is 22.7 Å². The van der Waals surface area contributed by atoms with Crippen LogP contribution in [0.1, 0.15) is 0 Å². The van der Waals surface area contributed by atoms with Crippen molar-refractivity contribution in [2.75, 3.05) is 4.90 Å². The van der Waals surface area contributed by atoms with Crippen LogP contribution in [0.3, 0.4) is 0 Å². The predicted octanol–water partition coefficient (Wildman–Crippen LogP) is 12.7. The highest BCUT2D eigenvalue weighted by Gasteiger charge is 2.16. The quantitative estimate of drug-likeness (QED) is 0.199. The van der Waals surface area contributed by atoms with E-state index in [0.29, 0.717) is 0 Å². The highest BCUT2D eigenvalue weighted by Crippen LogP contribution is 2.44. The van der Waals surface area contributed by atoms with Gasteiger partial charge >= 0.3 is 0 Å². The Labute approximate surface area is 257 Å². The van der Waals surface area contributed by atoms with Crippen molar-refractivity contribution in [2.45, 2.75) is 0 Å². The molecule has 1 nitrogen and oxygen atoms in total. The summed E-state index contributed by atoms with van der Waals surface area (Å²) < 4.78 is 5.31. The highest BCUT2D eigenvalue weighted by atomic mass is 32.1. The number of fused-ring (bicyclic) bond motifs is 8. The Morgan fingerprint density at radius 1 is 0.372 bits per heavy atom. The Morgan fingerprint density at radius 3 is 1.86 bits per heavy atom. The fraction of sp³-hybridized carbons (Fsp3) is 0. The van der Waals surface area contributed by atoms with Crippen molar-refractivity contribution in [3.8, 4) is 11.1 Å². The number of hydrogen-bond donors (Lipinski definition) is 0. The van der Waals surface area contributed by atoms with Gasteiger partial charge in [-0.2, -0.15) is 0 Å². The Bertz CT molecular complexity index is 2450. The molecule has 2 heterocycles. The number of para-hydroxylation sites is 1. The number of rotatable bonds is 4. The third-order valence-electron chi connectivity index (χ3n) is 8.46. The van der Waals surface area contributed by atoms with Gasteiger partial charge in [-0.05, 0) is 76.5 Å². The van der Waals surface area contributed by atoms with Crippen molar-refractivity contribution in [1.82, 2.24) is 0 Å². The molecule has 7 aromatic carbocycles. The van der Waals surface area contributed by atoms with Crippen LogP contribution in [-0.2, 0) is 0 Å². The van der Waals surface area contributed by atoms with Gasteiger partial charge in [0.05, 0.1) is 0 Å². The summed E-state index contributed by atoms with van der Waals surface area (Å²) in [6, 6.07) is 55.4. The van der Waals surface area contributed by atoms with Crippen molar-refractivity contribution in [3.05, 3.63) is 152 Å². The topological polar surface area (TPSA) is 3.24 Å². The van der Waals surface area contributed by atoms with E-state index in [1.54, 1.807) is 0 Å². The third kappa shape index (κ3) is 3.97. The third-order valence-corrected chi connectivity index (χ3v) is 10.7. The lowest BCUT2D eigenvalue weighted by atomic mass is 9.94. The van der Waals surface area contributed by atoms with Gasteiger partial charge in [0.25, 0.3) is 0 Å². The summed E-state index contributed by atoms with van der Waals surface area (Å²) in [6.45, 7) is 0. The van der Waals surface area contributed by atoms with E-state index in [1.165, 1.54) is 62.2 Å². The molecule has 0 amide bonds. The minimum Gasteiger partial charge on any atom is -0.310 e. The van der Waals surface area contributed by atoms with Crippen molar-refractivity contribution in [1.29, 1.82) is 0 Å². The first-order valence-electron chi connectivity index (χ1n) is 14.5. The van der Waals surface area contributed by atoms with Crippen LogP contribution in [0.5, 0.6) is 0 Å². The summed E-state index contributed by atoms with van der Waals surface area (Å²) >= 11 is 3.74. The maximum absolute atomic E-state index is 2.36. The predicted molar refractivity (Wildman–Crippen MR) is 190 cm³/mol. The Kier molecular flexibility index (Phi) is 5.62. The Balaban J connectivity index is 1.20. The fourth-order valence-corrected chi connectivity index (χ4v) is 8.75. The molecule has 0 aliphatic rings. The van der Waals surface area contributed by atoms with Crippen molar-refractivity contribution in [2.24, 2.45) is 0 Å². The van der Waals surface area contributed by atoms with Crippen LogP contribution in [0.4, 0.5) is 17.1 Å². The molecule has 0 fully saturated rings. The minimum absolute atomic E-state index is 1.14. The van der Waals surface area contributed by atoms with Gasteiger partial charge < -0.3 is 4.90 Å². The van der Waals surface area contributed by atoms with E-state index in [4.69, 9.17) is 0 Å². The van der Waals surface area contributed by atoms with Gasteiger partial charge in [0.15, 0.2) is 0 Å². The first-order valence-corrected chi connectivity index (χ1v) is 16.1. The van der Waals surface area contributed by atoms with E-state index in [9.17, 15) is 0 Å². The second kappa shape index (κ2) is 9.81. The molecule has 0 N–H and O–H groups in total. The number of hydrogen-bond acceptors (Lipinski definition) is 3. The molecule has 43 heavy (non-hydrogen) atoms. The minimum atomic E-state index is 1.14. The lowest BCUT2D eigenvalue weighted by Crippen LogP contribution is -2.09. The van der Waals surface area contributed by atoms with Gasteiger partial charge in [0.1, 0.15) is 0 Å². The second-order valence-electron chi connectivity index (χ2n) is 10.9. The molecule has 9 rings (SSSR count). The molecule has 2 aromatic heterocycles. The first-order chi connectivity index (χ1) is 21.3. The van der Waals surface area contributed by atoms with Crippen LogP contribution in [-0.4, -0.2) is 0 Å². The van der Waals surface area contributed by atoms with E-state index in [0.717, 1.165) is 17.1 Å². The average molecular weight is 584 g/mol. The Morgan fingerprint density at radius 2 is 1.02 bits per heavy atom. The molecule has 0 unspecified atom stereocenters. The summed E-state index contributed by atoms with van der Waals surface area (Å²) in [7, 11) is 0. The summed E-state index contributed by atoms with van der Waals surface area (Å²) in [5, 5.41) is 7.95. The molecule has 0 aliphatic heterocycles. The first kappa shape index (κ1) is 24.6. The van der Waals surface area contributed by atoms with Gasteiger partial charge in [0, 0.05) is 57.4 Å². The van der Waals surface area contributed by atoms with Gasteiger partial charge in [-0.3, -0.25) is 0 Å². The maximum atomic E-state index is 2.36. The van der Waals surface area contributed by atoms with Gasteiger partial charge in [-0.15, -0.1) is 22.7 Å². The molecule has 9 aromatic rings. The van der Waals surface area contributed by atoms with Crippen molar-refractivity contribution >= 4 is 90.9 Å². The smallest absolute Gasteiger partial charge is 0.0476 e. The lowest BCUT2D eigenvalue weighted by Gasteiger charge is -2.26. The van der Waals surface area contributed by atoms with E-state index < -0.39 is 0 Å². The molecule has 0 aliphatic carbocycles. The number of anilines is 3. The number of nitrogens with zero attached hydrogens (tertiary/aromatic N) is 1. The van der Waals surface area contributed by atoms with Crippen LogP contribution in [0.15, 0.2) is 152 Å². The molecular weight excluding hydrogens is 559 g/mol. The zero-order chi connectivity index (χ0) is 28.3. The fourth-order valence-electron chi connectivity index (χ4n) is 6.50. The van der Waals surface area contributed by atoms with E-state index in [-0.39, 0.29) is 0 Å². The zero-order valence-electron chi connectivity index (χ0n) is 23.2. The molecule has 0 radical (unpaired) electrons. The van der Waals surface area contributed by atoms with Crippen molar-refractivity contribution < 1.29 is 0 Å². The normalized spacial score (nSPS) is 11.7. The summed E-state index contributed by atoms with van der Waals surface area (Å²) in [6.07, 6.45) is 0. The monoisotopic (exact) mass is 583 g/mol. The molecular formula is C40H25NS2. The molecule has 0 saturated carbocycles. The van der Waals surface area contributed by atoms with Crippen LogP contribution in [0, 0.1) is 0 Å². The summed E-state index contributed by atoms with van der Waals surface area (Å²) in [5.41, 5.74) is 5.95. The van der Waals surface area contributed by atoms with Crippen molar-refractivity contribution in [3.63, 3.8) is 0 Å². The van der Waals surface area contributed by atoms with Gasteiger partial charge in [-0.25, -0.2) is 0 Å². The molecule has 0 bridgehead atoms. The average Bonchev–Trinajstić information content (AvgIpc) is 3.64. The lowest BCUT2D eigenvalue weighted by molar-refractivity contribution is 1.29. The maximum Gasteiger partial charge on any atom is 0.0476 e. The summed E-state index contributed by atoms with van der Waals surface area (Å²) in [5.74, 6) is 0.